The number of furan rings is 1. The Hall–Kier alpha value is -2.57. The Kier molecular flexibility index (Phi) is 4.69. The van der Waals surface area contributed by atoms with Crippen molar-refractivity contribution in [3.63, 3.8) is 0 Å². The number of nitrogens with one attached hydrogen (secondary N) is 1. The van der Waals surface area contributed by atoms with E-state index in [9.17, 15) is 4.79 Å². The van der Waals surface area contributed by atoms with Crippen molar-refractivity contribution >= 4 is 17.7 Å². The van der Waals surface area contributed by atoms with Gasteiger partial charge in [-0.3, -0.25) is 0 Å². The first kappa shape index (κ1) is 16.3. The molecule has 0 aliphatic carbocycles. The van der Waals surface area contributed by atoms with Gasteiger partial charge < -0.3 is 19.5 Å². The summed E-state index contributed by atoms with van der Waals surface area (Å²) in [4.78, 5) is 24.8. The van der Waals surface area contributed by atoms with Gasteiger partial charge in [0.15, 0.2) is 0 Å². The smallest absolute Gasteiger partial charge is 0.322 e. The van der Waals surface area contributed by atoms with Crippen molar-refractivity contribution in [3.05, 3.63) is 36.0 Å². The number of amides is 2. The third-order valence-corrected chi connectivity index (χ3v) is 4.14. The Labute approximate surface area is 141 Å². The minimum Gasteiger partial charge on any atom is -0.464 e. The number of likely N-dealkylation sites (tertiary alicyclic amines) is 1. The van der Waals surface area contributed by atoms with Gasteiger partial charge in [-0.25, -0.2) is 14.8 Å². The predicted octanol–water partition coefficient (Wildman–Crippen LogP) is 3.20. The van der Waals surface area contributed by atoms with Crippen molar-refractivity contribution in [2.24, 2.45) is 0 Å². The summed E-state index contributed by atoms with van der Waals surface area (Å²) < 4.78 is 5.74. The zero-order chi connectivity index (χ0) is 17.1. The van der Waals surface area contributed by atoms with Crippen LogP contribution in [0, 0.1) is 6.92 Å². The largest absolute Gasteiger partial charge is 0.464 e. The van der Waals surface area contributed by atoms with Crippen molar-refractivity contribution in [1.29, 1.82) is 0 Å². The molecular formula is C17H23N5O2. The standard InChI is InChI=1S/C17H23N5O2/c1-12-7-8-15(24-12)14-6-4-5-9-22(14)17(23)20-13-10-18-16(19-11-13)21(2)3/h7-8,10-11,14H,4-6,9H2,1-3H3,(H,20,23)/t14-/m0/s1. The number of hydrogen-bond donors (Lipinski definition) is 1. The summed E-state index contributed by atoms with van der Waals surface area (Å²) >= 11 is 0. The molecule has 1 N–H and O–H groups in total. The van der Waals surface area contributed by atoms with Gasteiger partial charge in [0.05, 0.1) is 24.1 Å². The second kappa shape index (κ2) is 6.90. The molecule has 0 aromatic carbocycles. The number of hydrogen-bond acceptors (Lipinski definition) is 5. The fourth-order valence-corrected chi connectivity index (χ4v) is 2.91. The zero-order valence-electron chi connectivity index (χ0n) is 14.3. The van der Waals surface area contributed by atoms with E-state index in [1.165, 1.54) is 0 Å². The fraction of sp³-hybridized carbons (Fsp3) is 0.471. The van der Waals surface area contributed by atoms with Gasteiger partial charge in [-0.1, -0.05) is 0 Å². The molecule has 0 unspecified atom stereocenters. The van der Waals surface area contributed by atoms with E-state index in [1.54, 1.807) is 12.4 Å². The maximum Gasteiger partial charge on any atom is 0.322 e. The molecule has 1 saturated heterocycles. The number of aryl methyl sites for hydroxylation is 1. The Morgan fingerprint density at radius 1 is 1.29 bits per heavy atom. The Morgan fingerprint density at radius 3 is 2.67 bits per heavy atom. The highest BCUT2D eigenvalue weighted by Gasteiger charge is 2.30. The molecule has 3 rings (SSSR count). The van der Waals surface area contributed by atoms with E-state index in [1.807, 2.05) is 43.0 Å². The summed E-state index contributed by atoms with van der Waals surface area (Å²) in [5, 5.41) is 2.89. The number of carbonyl (C=O) groups excluding carboxylic acids is 1. The molecule has 3 heterocycles. The highest BCUT2D eigenvalue weighted by atomic mass is 16.3. The molecule has 128 valence electrons. The van der Waals surface area contributed by atoms with Gasteiger partial charge in [-0.15, -0.1) is 0 Å². The number of aromatic nitrogens is 2. The molecule has 0 saturated carbocycles. The molecule has 1 fully saturated rings. The van der Waals surface area contributed by atoms with E-state index >= 15 is 0 Å². The molecule has 1 aliphatic rings. The normalized spacial score (nSPS) is 17.6. The van der Waals surface area contributed by atoms with Crippen LogP contribution >= 0.6 is 0 Å². The van der Waals surface area contributed by atoms with Gasteiger partial charge in [0, 0.05) is 20.6 Å². The number of anilines is 2. The van der Waals surface area contributed by atoms with Gasteiger partial charge in [0.25, 0.3) is 0 Å². The third-order valence-electron chi connectivity index (χ3n) is 4.14. The van der Waals surface area contributed by atoms with Gasteiger partial charge in [-0.2, -0.15) is 0 Å². The fourth-order valence-electron chi connectivity index (χ4n) is 2.91. The lowest BCUT2D eigenvalue weighted by Crippen LogP contribution is -2.41. The summed E-state index contributed by atoms with van der Waals surface area (Å²) in [5.74, 6) is 2.32. The summed E-state index contributed by atoms with van der Waals surface area (Å²) in [7, 11) is 3.74. The second-order valence-electron chi connectivity index (χ2n) is 6.25. The van der Waals surface area contributed by atoms with Crippen LogP contribution in [0.2, 0.25) is 0 Å². The van der Waals surface area contributed by atoms with Crippen LogP contribution in [0.5, 0.6) is 0 Å². The van der Waals surface area contributed by atoms with Gasteiger partial charge in [-0.05, 0) is 38.3 Å². The number of carbonyl (C=O) groups is 1. The maximum atomic E-state index is 12.7. The van der Waals surface area contributed by atoms with Crippen molar-refractivity contribution < 1.29 is 9.21 Å². The SMILES string of the molecule is Cc1ccc([C@@H]2CCCCN2C(=O)Nc2cnc(N(C)C)nc2)o1. The molecule has 1 atom stereocenters. The van der Waals surface area contributed by atoms with Gasteiger partial charge >= 0.3 is 6.03 Å². The molecule has 0 radical (unpaired) electrons. The van der Waals surface area contributed by atoms with Crippen molar-refractivity contribution in [3.8, 4) is 0 Å². The van der Waals surface area contributed by atoms with E-state index in [-0.39, 0.29) is 12.1 Å². The molecule has 7 heteroatoms. The molecular weight excluding hydrogens is 306 g/mol. The Balaban J connectivity index is 1.72. The van der Waals surface area contributed by atoms with Crippen LogP contribution in [-0.2, 0) is 0 Å². The number of piperidine rings is 1. The third kappa shape index (κ3) is 3.50. The monoisotopic (exact) mass is 329 g/mol. The average Bonchev–Trinajstić information content (AvgIpc) is 3.01. The highest BCUT2D eigenvalue weighted by Crippen LogP contribution is 2.32. The van der Waals surface area contributed by atoms with Crippen molar-refractivity contribution in [1.82, 2.24) is 14.9 Å². The minimum absolute atomic E-state index is 0.0191. The summed E-state index contributed by atoms with van der Waals surface area (Å²) in [6, 6.07) is 3.73. The summed E-state index contributed by atoms with van der Waals surface area (Å²) in [5.41, 5.74) is 0.588. The minimum atomic E-state index is -0.144. The van der Waals surface area contributed by atoms with Crippen LogP contribution in [0.4, 0.5) is 16.4 Å². The quantitative estimate of drug-likeness (QED) is 0.936. The molecule has 1 aliphatic heterocycles. The molecule has 2 aromatic heterocycles. The Morgan fingerprint density at radius 2 is 2.04 bits per heavy atom. The van der Waals surface area contributed by atoms with E-state index in [2.05, 4.69) is 15.3 Å². The second-order valence-corrected chi connectivity index (χ2v) is 6.25. The zero-order valence-corrected chi connectivity index (χ0v) is 14.3. The predicted molar refractivity (Wildman–Crippen MR) is 92.1 cm³/mol. The average molecular weight is 329 g/mol. The highest BCUT2D eigenvalue weighted by molar-refractivity contribution is 5.89. The van der Waals surface area contributed by atoms with Gasteiger partial charge in [0.1, 0.15) is 11.5 Å². The van der Waals surface area contributed by atoms with Crippen LogP contribution < -0.4 is 10.2 Å². The van der Waals surface area contributed by atoms with Crippen LogP contribution in [0.15, 0.2) is 28.9 Å². The molecule has 0 spiro atoms. The summed E-state index contributed by atoms with van der Waals surface area (Å²) in [6.45, 7) is 2.63. The maximum absolute atomic E-state index is 12.7. The first-order chi connectivity index (χ1) is 11.5. The first-order valence-corrected chi connectivity index (χ1v) is 8.18. The van der Waals surface area contributed by atoms with E-state index in [4.69, 9.17) is 4.42 Å². The van der Waals surface area contributed by atoms with E-state index in [0.29, 0.717) is 18.2 Å². The molecule has 2 amide bonds. The van der Waals surface area contributed by atoms with Crippen molar-refractivity contribution in [2.45, 2.75) is 32.2 Å². The number of urea groups is 1. The van der Waals surface area contributed by atoms with Crippen molar-refractivity contribution in [2.75, 3.05) is 30.9 Å². The number of rotatable bonds is 3. The Bertz CT molecular complexity index is 695. The van der Waals surface area contributed by atoms with E-state index < -0.39 is 0 Å². The molecule has 7 nitrogen and oxygen atoms in total. The first-order valence-electron chi connectivity index (χ1n) is 8.18. The van der Waals surface area contributed by atoms with Gasteiger partial charge in [0.2, 0.25) is 5.95 Å². The van der Waals surface area contributed by atoms with Crippen LogP contribution in [-0.4, -0.2) is 41.5 Å². The lowest BCUT2D eigenvalue weighted by atomic mass is 10.0. The molecule has 2 aromatic rings. The lowest BCUT2D eigenvalue weighted by Gasteiger charge is -2.34. The lowest BCUT2D eigenvalue weighted by molar-refractivity contribution is 0.150. The van der Waals surface area contributed by atoms with Crippen LogP contribution in [0.3, 0.4) is 0 Å². The van der Waals surface area contributed by atoms with Crippen LogP contribution in [0.1, 0.15) is 36.8 Å². The topological polar surface area (TPSA) is 74.5 Å². The molecule has 0 bridgehead atoms. The van der Waals surface area contributed by atoms with E-state index in [0.717, 1.165) is 30.8 Å². The number of nitrogens with zero attached hydrogens (tertiary/aromatic N) is 4. The molecule has 24 heavy (non-hydrogen) atoms. The summed E-state index contributed by atoms with van der Waals surface area (Å²) in [6.07, 6.45) is 6.25. The van der Waals surface area contributed by atoms with Crippen LogP contribution in [0.25, 0.3) is 0 Å².